The van der Waals surface area contributed by atoms with Crippen LogP contribution >= 0.6 is 27.5 Å². The van der Waals surface area contributed by atoms with Crippen LogP contribution in [0.3, 0.4) is 0 Å². The summed E-state index contributed by atoms with van der Waals surface area (Å²) in [7, 11) is -0.917. The molecule has 5 nitrogen and oxygen atoms in total. The van der Waals surface area contributed by atoms with Gasteiger partial charge in [0.2, 0.25) is 10.0 Å². The Labute approximate surface area is 161 Å². The Morgan fingerprint density at radius 3 is 2.44 bits per heavy atom. The van der Waals surface area contributed by atoms with Crippen molar-refractivity contribution in [3.05, 3.63) is 63.1 Å². The molecule has 2 aromatic carbocycles. The monoisotopic (exact) mass is 444 g/mol. The summed E-state index contributed by atoms with van der Waals surface area (Å²) in [6.07, 6.45) is 0. The van der Waals surface area contributed by atoms with Gasteiger partial charge in [-0.1, -0.05) is 45.7 Å². The lowest BCUT2D eigenvalue weighted by Crippen LogP contribution is -2.27. The predicted molar refractivity (Wildman–Crippen MR) is 102 cm³/mol. The van der Waals surface area contributed by atoms with Gasteiger partial charge < -0.3 is 5.32 Å². The van der Waals surface area contributed by atoms with Crippen LogP contribution in [0.1, 0.15) is 28.9 Å². The molecule has 0 fully saturated rings. The smallest absolute Gasteiger partial charge is 0.251 e. The third-order valence-electron chi connectivity index (χ3n) is 3.67. The zero-order valence-corrected chi connectivity index (χ0v) is 17.1. The van der Waals surface area contributed by atoms with Crippen molar-refractivity contribution in [2.45, 2.75) is 17.9 Å². The van der Waals surface area contributed by atoms with Crippen LogP contribution in [0.5, 0.6) is 0 Å². The molecular formula is C17H18BrClN2O3S. The number of nitrogens with zero attached hydrogens (tertiary/aromatic N) is 1. The van der Waals surface area contributed by atoms with E-state index in [1.807, 2.05) is 31.2 Å². The second kappa shape index (κ2) is 7.86. The van der Waals surface area contributed by atoms with Gasteiger partial charge >= 0.3 is 0 Å². The third kappa shape index (κ3) is 4.41. The molecule has 2 aromatic rings. The number of nitrogens with one attached hydrogen (secondary N) is 1. The minimum atomic E-state index is -3.74. The fourth-order valence-electron chi connectivity index (χ4n) is 2.22. The molecule has 0 radical (unpaired) electrons. The van der Waals surface area contributed by atoms with Crippen molar-refractivity contribution in [3.8, 4) is 0 Å². The van der Waals surface area contributed by atoms with Crippen LogP contribution in [0.4, 0.5) is 0 Å². The van der Waals surface area contributed by atoms with E-state index in [9.17, 15) is 13.2 Å². The topological polar surface area (TPSA) is 66.5 Å². The average Bonchev–Trinajstić information content (AvgIpc) is 2.55. The summed E-state index contributed by atoms with van der Waals surface area (Å²) in [6, 6.07) is 11.5. The number of rotatable bonds is 5. The lowest BCUT2D eigenvalue weighted by atomic mass is 10.1. The molecule has 1 N–H and O–H groups in total. The fraction of sp³-hybridized carbons (Fsp3) is 0.235. The van der Waals surface area contributed by atoms with E-state index in [-0.39, 0.29) is 27.4 Å². The van der Waals surface area contributed by atoms with Gasteiger partial charge in [0.15, 0.2) is 0 Å². The van der Waals surface area contributed by atoms with E-state index in [1.165, 1.54) is 32.3 Å². The lowest BCUT2D eigenvalue weighted by molar-refractivity contribution is 0.0939. The highest BCUT2D eigenvalue weighted by molar-refractivity contribution is 9.10. The number of sulfonamides is 1. The van der Waals surface area contributed by atoms with Gasteiger partial charge in [-0.3, -0.25) is 4.79 Å². The molecule has 0 saturated carbocycles. The van der Waals surface area contributed by atoms with Crippen LogP contribution in [0.2, 0.25) is 5.02 Å². The first kappa shape index (κ1) is 19.9. The minimum absolute atomic E-state index is 0.0732. The molecule has 0 heterocycles. The van der Waals surface area contributed by atoms with Gasteiger partial charge in [-0.05, 0) is 36.8 Å². The quantitative estimate of drug-likeness (QED) is 0.760. The SMILES string of the molecule is CC(NC(=O)c1ccc(Cl)c(S(=O)(=O)N(C)C)c1)c1ccccc1Br. The molecule has 0 aliphatic heterocycles. The Morgan fingerprint density at radius 1 is 1.20 bits per heavy atom. The van der Waals surface area contributed by atoms with Crippen molar-refractivity contribution in [2.75, 3.05) is 14.1 Å². The van der Waals surface area contributed by atoms with Crippen LogP contribution in [-0.4, -0.2) is 32.7 Å². The van der Waals surface area contributed by atoms with Gasteiger partial charge in [-0.25, -0.2) is 12.7 Å². The Morgan fingerprint density at radius 2 is 1.84 bits per heavy atom. The predicted octanol–water partition coefficient (Wildman–Crippen LogP) is 3.84. The zero-order valence-electron chi connectivity index (χ0n) is 14.0. The number of carbonyl (C=O) groups excluding carboxylic acids is 1. The van der Waals surface area contributed by atoms with Crippen LogP contribution < -0.4 is 5.32 Å². The molecule has 25 heavy (non-hydrogen) atoms. The summed E-state index contributed by atoms with van der Waals surface area (Å²) in [4.78, 5) is 12.4. The van der Waals surface area contributed by atoms with E-state index in [4.69, 9.17) is 11.6 Å². The number of hydrogen-bond acceptors (Lipinski definition) is 3. The Kier molecular flexibility index (Phi) is 6.26. The third-order valence-corrected chi connectivity index (χ3v) is 6.69. The molecule has 134 valence electrons. The molecule has 1 amide bonds. The summed E-state index contributed by atoms with van der Waals surface area (Å²) in [6.45, 7) is 1.85. The maximum Gasteiger partial charge on any atom is 0.251 e. The van der Waals surface area contributed by atoms with Gasteiger partial charge in [0, 0.05) is 24.1 Å². The molecule has 8 heteroatoms. The summed E-state index contributed by atoms with van der Waals surface area (Å²) >= 11 is 9.46. The summed E-state index contributed by atoms with van der Waals surface area (Å²) in [5.74, 6) is -0.380. The van der Waals surface area contributed by atoms with Crippen LogP contribution in [0.15, 0.2) is 51.8 Å². The number of hydrogen-bond donors (Lipinski definition) is 1. The Hall–Kier alpha value is -1.41. The molecule has 0 spiro atoms. The Bertz CT molecular complexity index is 901. The second-order valence-electron chi connectivity index (χ2n) is 5.65. The van der Waals surface area contributed by atoms with E-state index < -0.39 is 10.0 Å². The highest BCUT2D eigenvalue weighted by atomic mass is 79.9. The van der Waals surface area contributed by atoms with Crippen LogP contribution in [0, 0.1) is 0 Å². The molecule has 0 saturated heterocycles. The highest BCUT2D eigenvalue weighted by Gasteiger charge is 2.23. The molecule has 1 atom stereocenters. The van der Waals surface area contributed by atoms with Gasteiger partial charge in [0.05, 0.1) is 11.1 Å². The Balaban J connectivity index is 2.30. The first-order valence-corrected chi connectivity index (χ1v) is 10.0. The number of carbonyl (C=O) groups is 1. The van der Waals surface area contributed by atoms with Gasteiger partial charge in [0.25, 0.3) is 5.91 Å². The standard InChI is InChI=1S/C17H18BrClN2O3S/c1-11(13-6-4-5-7-14(13)18)20-17(22)12-8-9-15(19)16(10-12)25(23,24)21(2)3/h4-11H,1-3H3,(H,20,22). The van der Waals surface area contributed by atoms with E-state index in [0.717, 1.165) is 14.3 Å². The van der Waals surface area contributed by atoms with Crippen molar-refractivity contribution in [1.82, 2.24) is 9.62 Å². The lowest BCUT2D eigenvalue weighted by Gasteiger charge is -2.17. The van der Waals surface area contributed by atoms with Gasteiger partial charge in [-0.15, -0.1) is 0 Å². The van der Waals surface area contributed by atoms with Crippen molar-refractivity contribution in [3.63, 3.8) is 0 Å². The number of halogens is 2. The average molecular weight is 446 g/mol. The van der Waals surface area contributed by atoms with Crippen molar-refractivity contribution in [1.29, 1.82) is 0 Å². The maximum absolute atomic E-state index is 12.5. The van der Waals surface area contributed by atoms with Crippen LogP contribution in [-0.2, 0) is 10.0 Å². The van der Waals surface area contributed by atoms with E-state index >= 15 is 0 Å². The largest absolute Gasteiger partial charge is 0.345 e. The minimum Gasteiger partial charge on any atom is -0.345 e. The van der Waals surface area contributed by atoms with Crippen LogP contribution in [0.25, 0.3) is 0 Å². The number of amides is 1. The zero-order chi connectivity index (χ0) is 18.8. The molecule has 0 bridgehead atoms. The molecular weight excluding hydrogens is 428 g/mol. The highest BCUT2D eigenvalue weighted by Crippen LogP contribution is 2.26. The van der Waals surface area contributed by atoms with Crippen molar-refractivity contribution >= 4 is 43.5 Å². The first-order chi connectivity index (χ1) is 11.6. The molecule has 2 rings (SSSR count). The first-order valence-electron chi connectivity index (χ1n) is 7.42. The van der Waals surface area contributed by atoms with E-state index in [2.05, 4.69) is 21.2 Å². The van der Waals surface area contributed by atoms with Gasteiger partial charge in [0.1, 0.15) is 4.90 Å². The van der Waals surface area contributed by atoms with Crippen molar-refractivity contribution in [2.24, 2.45) is 0 Å². The van der Waals surface area contributed by atoms with E-state index in [0.29, 0.717) is 0 Å². The van der Waals surface area contributed by atoms with Gasteiger partial charge in [-0.2, -0.15) is 0 Å². The molecule has 0 aliphatic carbocycles. The number of benzene rings is 2. The molecule has 1 unspecified atom stereocenters. The normalized spacial score (nSPS) is 12.9. The summed E-state index contributed by atoms with van der Waals surface area (Å²) < 4.78 is 26.6. The fourth-order valence-corrected chi connectivity index (χ4v) is 4.24. The molecule has 0 aliphatic rings. The molecule has 0 aromatic heterocycles. The second-order valence-corrected chi connectivity index (χ2v) is 9.03. The summed E-state index contributed by atoms with van der Waals surface area (Å²) in [5, 5.41) is 2.93. The maximum atomic E-state index is 12.5. The van der Waals surface area contributed by atoms with E-state index in [1.54, 1.807) is 0 Å². The van der Waals surface area contributed by atoms with Crippen molar-refractivity contribution < 1.29 is 13.2 Å². The summed E-state index contributed by atoms with van der Waals surface area (Å²) in [5.41, 5.74) is 1.15.